The molecule has 0 spiro atoms. The predicted octanol–water partition coefficient (Wildman–Crippen LogP) is 3.05. The Kier molecular flexibility index (Phi) is 5.07. The monoisotopic (exact) mass is 341 g/mol. The third-order valence-electron chi connectivity index (χ3n) is 4.27. The molecule has 1 aliphatic rings. The average molecular weight is 341 g/mol. The lowest BCUT2D eigenvalue weighted by Crippen LogP contribution is -2.49. The number of halogens is 1. The van der Waals surface area contributed by atoms with Gasteiger partial charge in [0, 0.05) is 18.7 Å². The number of carbonyl (C=O) groups excluding carboxylic acids is 2. The molecule has 1 atom stereocenters. The summed E-state index contributed by atoms with van der Waals surface area (Å²) in [5.41, 5.74) is 1.60. The Morgan fingerprint density at radius 3 is 2.76 bits per heavy atom. The molecule has 2 amide bonds. The second kappa shape index (κ2) is 7.42. The summed E-state index contributed by atoms with van der Waals surface area (Å²) < 4.78 is 13.1. The molecule has 0 bridgehead atoms. The van der Waals surface area contributed by atoms with E-state index in [2.05, 4.69) is 10.3 Å². The van der Waals surface area contributed by atoms with E-state index in [0.29, 0.717) is 31.6 Å². The summed E-state index contributed by atoms with van der Waals surface area (Å²) in [5.74, 6) is -0.153. The van der Waals surface area contributed by atoms with Crippen LogP contribution in [0, 0.1) is 12.7 Å². The molecule has 1 unspecified atom stereocenters. The maximum atomic E-state index is 13.1. The molecule has 6 heteroatoms. The van der Waals surface area contributed by atoms with Crippen LogP contribution in [0.5, 0.6) is 0 Å². The van der Waals surface area contributed by atoms with Crippen molar-refractivity contribution in [1.29, 1.82) is 0 Å². The van der Waals surface area contributed by atoms with Crippen LogP contribution in [0.15, 0.2) is 42.5 Å². The SMILES string of the molecule is Cc1cccc(NC(=O)C2CCCC(=O)N2Cc2ccc(F)cc2)n1. The molecule has 0 radical (unpaired) electrons. The van der Waals surface area contributed by atoms with Gasteiger partial charge in [0.1, 0.15) is 17.7 Å². The Morgan fingerprint density at radius 1 is 1.28 bits per heavy atom. The fraction of sp³-hybridized carbons (Fsp3) is 0.316. The van der Waals surface area contributed by atoms with Gasteiger partial charge in [0.15, 0.2) is 0 Å². The van der Waals surface area contributed by atoms with Crippen molar-refractivity contribution in [2.24, 2.45) is 0 Å². The standard InChI is InChI=1S/C19H20FN3O2/c1-13-4-2-6-17(21-13)22-19(25)16-5-3-7-18(24)23(16)12-14-8-10-15(20)11-9-14/h2,4,6,8-11,16H,3,5,7,12H2,1H3,(H,21,22,25). The summed E-state index contributed by atoms with van der Waals surface area (Å²) in [6.45, 7) is 2.14. The second-order valence-corrected chi connectivity index (χ2v) is 6.21. The summed E-state index contributed by atoms with van der Waals surface area (Å²) in [6, 6.07) is 10.8. The fourth-order valence-electron chi connectivity index (χ4n) is 3.00. The van der Waals surface area contributed by atoms with Crippen molar-refractivity contribution in [3.63, 3.8) is 0 Å². The van der Waals surface area contributed by atoms with Gasteiger partial charge in [-0.2, -0.15) is 0 Å². The van der Waals surface area contributed by atoms with Gasteiger partial charge < -0.3 is 10.2 Å². The number of likely N-dealkylation sites (tertiary alicyclic amines) is 1. The normalized spacial score (nSPS) is 17.4. The molecule has 1 aromatic heterocycles. The van der Waals surface area contributed by atoms with Crippen LogP contribution >= 0.6 is 0 Å². The highest BCUT2D eigenvalue weighted by atomic mass is 19.1. The van der Waals surface area contributed by atoms with Gasteiger partial charge in [-0.1, -0.05) is 18.2 Å². The third kappa shape index (κ3) is 4.21. The van der Waals surface area contributed by atoms with E-state index in [-0.39, 0.29) is 17.6 Å². The molecule has 3 rings (SSSR count). The molecule has 1 aliphatic heterocycles. The highest BCUT2D eigenvalue weighted by molar-refractivity contribution is 5.97. The molecule has 25 heavy (non-hydrogen) atoms. The largest absolute Gasteiger partial charge is 0.326 e. The van der Waals surface area contributed by atoms with Gasteiger partial charge in [-0.05, 0) is 49.6 Å². The fourth-order valence-corrected chi connectivity index (χ4v) is 3.00. The Bertz CT molecular complexity index is 776. The summed E-state index contributed by atoms with van der Waals surface area (Å²) in [4.78, 5) is 30.9. The first-order valence-electron chi connectivity index (χ1n) is 8.31. The number of amides is 2. The molecular weight excluding hydrogens is 321 g/mol. The number of aromatic nitrogens is 1. The lowest BCUT2D eigenvalue weighted by molar-refractivity contribution is -0.142. The summed E-state index contributed by atoms with van der Waals surface area (Å²) in [5, 5.41) is 2.79. The molecule has 2 heterocycles. The quantitative estimate of drug-likeness (QED) is 0.930. The molecular formula is C19H20FN3O2. The van der Waals surface area contributed by atoms with Crippen molar-refractivity contribution in [3.05, 3.63) is 59.5 Å². The maximum absolute atomic E-state index is 13.1. The highest BCUT2D eigenvalue weighted by Gasteiger charge is 2.33. The zero-order valence-electron chi connectivity index (χ0n) is 14.0. The van der Waals surface area contributed by atoms with E-state index in [1.807, 2.05) is 19.1 Å². The van der Waals surface area contributed by atoms with E-state index < -0.39 is 6.04 Å². The number of anilines is 1. The number of benzene rings is 1. The van der Waals surface area contributed by atoms with Crippen LogP contribution in [0.2, 0.25) is 0 Å². The van der Waals surface area contributed by atoms with Gasteiger partial charge in [0.25, 0.3) is 0 Å². The van der Waals surface area contributed by atoms with Crippen molar-refractivity contribution in [3.8, 4) is 0 Å². The lowest BCUT2D eigenvalue weighted by atomic mass is 9.99. The number of rotatable bonds is 4. The van der Waals surface area contributed by atoms with Crippen LogP contribution in [0.3, 0.4) is 0 Å². The number of nitrogens with zero attached hydrogens (tertiary/aromatic N) is 2. The van der Waals surface area contributed by atoms with E-state index in [9.17, 15) is 14.0 Å². The summed E-state index contributed by atoms with van der Waals surface area (Å²) in [7, 11) is 0. The van der Waals surface area contributed by atoms with Crippen LogP contribution < -0.4 is 5.32 Å². The summed E-state index contributed by atoms with van der Waals surface area (Å²) in [6.07, 6.45) is 1.70. The molecule has 1 N–H and O–H groups in total. The molecule has 1 saturated heterocycles. The number of carbonyl (C=O) groups is 2. The molecule has 2 aromatic rings. The maximum Gasteiger partial charge on any atom is 0.248 e. The van der Waals surface area contributed by atoms with Gasteiger partial charge in [-0.25, -0.2) is 9.37 Å². The van der Waals surface area contributed by atoms with Gasteiger partial charge in [0.2, 0.25) is 11.8 Å². The number of hydrogen-bond donors (Lipinski definition) is 1. The second-order valence-electron chi connectivity index (χ2n) is 6.21. The highest BCUT2D eigenvalue weighted by Crippen LogP contribution is 2.22. The van der Waals surface area contributed by atoms with Gasteiger partial charge in [0.05, 0.1) is 0 Å². The minimum atomic E-state index is -0.548. The number of nitrogens with one attached hydrogen (secondary N) is 1. The van der Waals surface area contributed by atoms with E-state index in [1.54, 1.807) is 23.1 Å². The van der Waals surface area contributed by atoms with E-state index in [1.165, 1.54) is 12.1 Å². The average Bonchev–Trinajstić information content (AvgIpc) is 2.58. The van der Waals surface area contributed by atoms with Crippen molar-refractivity contribution in [1.82, 2.24) is 9.88 Å². The van der Waals surface area contributed by atoms with Crippen LogP contribution in [-0.2, 0) is 16.1 Å². The number of hydrogen-bond acceptors (Lipinski definition) is 3. The van der Waals surface area contributed by atoms with E-state index >= 15 is 0 Å². The molecule has 5 nitrogen and oxygen atoms in total. The van der Waals surface area contributed by atoms with Crippen molar-refractivity contribution in [2.45, 2.75) is 38.8 Å². The Morgan fingerprint density at radius 2 is 2.04 bits per heavy atom. The van der Waals surface area contributed by atoms with Crippen LogP contribution in [-0.4, -0.2) is 27.7 Å². The number of pyridine rings is 1. The molecule has 130 valence electrons. The first-order chi connectivity index (χ1) is 12.0. The minimum Gasteiger partial charge on any atom is -0.326 e. The first-order valence-corrected chi connectivity index (χ1v) is 8.31. The predicted molar refractivity (Wildman–Crippen MR) is 92.2 cm³/mol. The molecule has 1 aromatic carbocycles. The van der Waals surface area contributed by atoms with Crippen LogP contribution in [0.1, 0.15) is 30.5 Å². The van der Waals surface area contributed by atoms with Gasteiger partial charge >= 0.3 is 0 Å². The zero-order valence-corrected chi connectivity index (χ0v) is 14.0. The first kappa shape index (κ1) is 17.1. The molecule has 0 aliphatic carbocycles. The van der Waals surface area contributed by atoms with Crippen molar-refractivity contribution < 1.29 is 14.0 Å². The van der Waals surface area contributed by atoms with Crippen LogP contribution in [0.25, 0.3) is 0 Å². The van der Waals surface area contributed by atoms with Crippen molar-refractivity contribution >= 4 is 17.6 Å². The Balaban J connectivity index is 1.75. The topological polar surface area (TPSA) is 62.3 Å². The van der Waals surface area contributed by atoms with Gasteiger partial charge in [-0.15, -0.1) is 0 Å². The van der Waals surface area contributed by atoms with E-state index in [4.69, 9.17) is 0 Å². The number of aryl methyl sites for hydroxylation is 1. The molecule has 1 fully saturated rings. The Labute approximate surface area is 145 Å². The summed E-state index contributed by atoms with van der Waals surface area (Å²) >= 11 is 0. The smallest absolute Gasteiger partial charge is 0.248 e. The van der Waals surface area contributed by atoms with E-state index in [0.717, 1.165) is 11.3 Å². The lowest BCUT2D eigenvalue weighted by Gasteiger charge is -2.34. The Hall–Kier alpha value is -2.76. The minimum absolute atomic E-state index is 0.0621. The molecule has 0 saturated carbocycles. The third-order valence-corrected chi connectivity index (χ3v) is 4.27. The zero-order chi connectivity index (χ0) is 17.8. The number of piperidine rings is 1. The van der Waals surface area contributed by atoms with Crippen molar-refractivity contribution in [2.75, 3.05) is 5.32 Å². The van der Waals surface area contributed by atoms with Gasteiger partial charge in [-0.3, -0.25) is 9.59 Å². The van der Waals surface area contributed by atoms with Crippen LogP contribution in [0.4, 0.5) is 10.2 Å².